The lowest BCUT2D eigenvalue weighted by Crippen LogP contribution is -2.10. The van der Waals surface area contributed by atoms with Crippen molar-refractivity contribution in [3.8, 4) is 17.2 Å². The first-order valence-electron chi connectivity index (χ1n) is 11.1. The molecule has 0 spiro atoms. The minimum Gasteiger partial charge on any atom is -0.494 e. The van der Waals surface area contributed by atoms with Crippen molar-refractivity contribution in [3.05, 3.63) is 93.1 Å². The van der Waals surface area contributed by atoms with E-state index < -0.39 is 11.9 Å². The molecule has 0 fully saturated rings. The molecule has 0 unspecified atom stereocenters. The van der Waals surface area contributed by atoms with Crippen LogP contribution >= 0.6 is 23.2 Å². The summed E-state index contributed by atoms with van der Waals surface area (Å²) in [6, 6.07) is 16.5. The molecule has 9 heteroatoms. The van der Waals surface area contributed by atoms with Crippen molar-refractivity contribution in [2.75, 3.05) is 13.2 Å². The van der Waals surface area contributed by atoms with E-state index >= 15 is 0 Å². The van der Waals surface area contributed by atoms with Crippen LogP contribution in [0.15, 0.2) is 71.4 Å². The van der Waals surface area contributed by atoms with Crippen molar-refractivity contribution in [3.63, 3.8) is 0 Å². The molecular formula is C27H21Cl2NO6. The lowest BCUT2D eigenvalue weighted by atomic mass is 10.1. The summed E-state index contributed by atoms with van der Waals surface area (Å²) < 4.78 is 21.9. The number of aliphatic imine (C=N–C) groups is 1. The molecule has 1 aliphatic rings. The largest absolute Gasteiger partial charge is 0.494 e. The molecule has 0 aromatic heterocycles. The van der Waals surface area contributed by atoms with Crippen molar-refractivity contribution in [1.82, 2.24) is 0 Å². The molecule has 0 N–H and O–H groups in total. The Bertz CT molecular complexity index is 1370. The number of halogens is 2. The SMILES string of the molecule is CCOc1ccc(C2=N/C(=C\c3ccc(OC(=O)c4ccc(Cl)cc4Cl)c(OCC)c3)C(=O)O2)cc1. The topological polar surface area (TPSA) is 83.4 Å². The average molecular weight is 526 g/mol. The Kier molecular flexibility index (Phi) is 7.93. The van der Waals surface area contributed by atoms with Gasteiger partial charge in [-0.3, -0.25) is 0 Å². The molecule has 1 aliphatic heterocycles. The maximum atomic E-state index is 12.6. The number of nitrogens with zero attached hydrogens (tertiary/aromatic N) is 1. The van der Waals surface area contributed by atoms with Gasteiger partial charge in [-0.25, -0.2) is 14.6 Å². The minimum absolute atomic E-state index is 0.124. The third kappa shape index (κ3) is 5.87. The zero-order valence-corrected chi connectivity index (χ0v) is 20.9. The lowest BCUT2D eigenvalue weighted by molar-refractivity contribution is -0.129. The number of hydrogen-bond acceptors (Lipinski definition) is 7. The molecule has 0 amide bonds. The summed E-state index contributed by atoms with van der Waals surface area (Å²) in [6.45, 7) is 4.58. The van der Waals surface area contributed by atoms with Crippen molar-refractivity contribution in [1.29, 1.82) is 0 Å². The van der Waals surface area contributed by atoms with E-state index in [0.29, 0.717) is 40.9 Å². The molecule has 0 radical (unpaired) electrons. The van der Waals surface area contributed by atoms with Crippen molar-refractivity contribution >= 4 is 47.1 Å². The number of carbonyl (C=O) groups excluding carboxylic acids is 2. The fraction of sp³-hybridized carbons (Fsp3) is 0.148. The molecule has 1 heterocycles. The summed E-state index contributed by atoms with van der Waals surface area (Å²) in [5, 5.41) is 0.579. The maximum absolute atomic E-state index is 12.6. The summed E-state index contributed by atoms with van der Waals surface area (Å²) >= 11 is 12.0. The number of cyclic esters (lactones) is 1. The van der Waals surface area contributed by atoms with Crippen LogP contribution in [0, 0.1) is 0 Å². The Morgan fingerprint density at radius 2 is 1.69 bits per heavy atom. The van der Waals surface area contributed by atoms with Gasteiger partial charge >= 0.3 is 11.9 Å². The van der Waals surface area contributed by atoms with E-state index in [0.717, 1.165) is 0 Å². The van der Waals surface area contributed by atoms with E-state index in [2.05, 4.69) is 4.99 Å². The van der Waals surface area contributed by atoms with Gasteiger partial charge in [-0.1, -0.05) is 29.3 Å². The van der Waals surface area contributed by atoms with Crippen LogP contribution in [0.1, 0.15) is 35.3 Å². The van der Waals surface area contributed by atoms with Gasteiger partial charge in [-0.15, -0.1) is 0 Å². The summed E-state index contributed by atoms with van der Waals surface area (Å²) in [5.74, 6) is 0.182. The second-order valence-corrected chi connectivity index (χ2v) is 8.29. The van der Waals surface area contributed by atoms with E-state index in [1.807, 2.05) is 6.92 Å². The van der Waals surface area contributed by atoms with Gasteiger partial charge in [0.1, 0.15) is 5.75 Å². The van der Waals surface area contributed by atoms with Gasteiger partial charge < -0.3 is 18.9 Å². The highest BCUT2D eigenvalue weighted by Gasteiger charge is 2.24. The highest BCUT2D eigenvalue weighted by molar-refractivity contribution is 6.36. The molecule has 184 valence electrons. The average Bonchev–Trinajstić information content (AvgIpc) is 3.21. The normalized spacial score (nSPS) is 13.8. The van der Waals surface area contributed by atoms with Crippen LogP contribution in [-0.2, 0) is 9.53 Å². The molecule has 4 rings (SSSR count). The van der Waals surface area contributed by atoms with Gasteiger partial charge in [-0.05, 0) is 80.1 Å². The molecule has 3 aromatic rings. The number of hydrogen-bond donors (Lipinski definition) is 0. The molecular weight excluding hydrogens is 505 g/mol. The van der Waals surface area contributed by atoms with E-state index in [-0.39, 0.29) is 27.9 Å². The van der Waals surface area contributed by atoms with Gasteiger partial charge in [0.05, 0.1) is 23.8 Å². The number of rotatable bonds is 8. The molecule has 3 aromatic carbocycles. The van der Waals surface area contributed by atoms with Crippen LogP contribution in [-0.4, -0.2) is 31.1 Å². The second kappa shape index (κ2) is 11.3. The van der Waals surface area contributed by atoms with E-state index in [1.54, 1.807) is 61.5 Å². The maximum Gasteiger partial charge on any atom is 0.363 e. The molecule has 0 aliphatic carbocycles. The van der Waals surface area contributed by atoms with Gasteiger partial charge in [0.2, 0.25) is 5.90 Å². The predicted molar refractivity (Wildman–Crippen MR) is 137 cm³/mol. The van der Waals surface area contributed by atoms with Crippen LogP contribution < -0.4 is 14.2 Å². The Hall–Kier alpha value is -3.81. The van der Waals surface area contributed by atoms with E-state index in [1.165, 1.54) is 12.1 Å². The Labute approximate surface area is 217 Å². The third-order valence-corrected chi connectivity index (χ3v) is 5.51. The lowest BCUT2D eigenvalue weighted by Gasteiger charge is -2.12. The van der Waals surface area contributed by atoms with E-state index in [9.17, 15) is 9.59 Å². The molecule has 0 saturated heterocycles. The standard InChI is InChI=1S/C27H21Cl2NO6/c1-3-33-19-9-6-17(7-10-19)25-30-22(27(32)36-25)13-16-5-12-23(24(14-16)34-4-2)35-26(31)20-11-8-18(28)15-21(20)29/h5-15H,3-4H2,1-2H3/b22-13-. The van der Waals surface area contributed by atoms with Crippen molar-refractivity contribution in [2.45, 2.75) is 13.8 Å². The fourth-order valence-electron chi connectivity index (χ4n) is 3.33. The zero-order valence-electron chi connectivity index (χ0n) is 19.4. The van der Waals surface area contributed by atoms with Crippen LogP contribution in [0.5, 0.6) is 17.2 Å². The Morgan fingerprint density at radius 1 is 0.944 bits per heavy atom. The summed E-state index contributed by atoms with van der Waals surface area (Å²) in [6.07, 6.45) is 1.56. The number of carbonyl (C=O) groups is 2. The van der Waals surface area contributed by atoms with E-state index in [4.69, 9.17) is 42.1 Å². The zero-order chi connectivity index (χ0) is 25.7. The first kappa shape index (κ1) is 25.3. The van der Waals surface area contributed by atoms with Crippen LogP contribution in [0.25, 0.3) is 6.08 Å². The second-order valence-electron chi connectivity index (χ2n) is 7.45. The molecule has 0 atom stereocenters. The fourth-order valence-corrected chi connectivity index (χ4v) is 3.81. The first-order chi connectivity index (χ1) is 17.4. The predicted octanol–water partition coefficient (Wildman–Crippen LogP) is 6.35. The summed E-state index contributed by atoms with van der Waals surface area (Å²) in [7, 11) is 0. The highest BCUT2D eigenvalue weighted by atomic mass is 35.5. The van der Waals surface area contributed by atoms with Gasteiger partial charge in [0, 0.05) is 10.6 Å². The van der Waals surface area contributed by atoms with Gasteiger partial charge in [-0.2, -0.15) is 0 Å². The summed E-state index contributed by atoms with van der Waals surface area (Å²) in [4.78, 5) is 29.4. The van der Waals surface area contributed by atoms with Crippen LogP contribution in [0.2, 0.25) is 10.0 Å². The summed E-state index contributed by atoms with van der Waals surface area (Å²) in [5.41, 5.74) is 1.54. The number of esters is 2. The minimum atomic E-state index is -0.660. The third-order valence-electron chi connectivity index (χ3n) is 4.96. The van der Waals surface area contributed by atoms with Crippen LogP contribution in [0.3, 0.4) is 0 Å². The molecule has 36 heavy (non-hydrogen) atoms. The smallest absolute Gasteiger partial charge is 0.363 e. The Morgan fingerprint density at radius 3 is 2.39 bits per heavy atom. The van der Waals surface area contributed by atoms with Crippen molar-refractivity contribution in [2.24, 2.45) is 4.99 Å². The Balaban J connectivity index is 1.57. The number of benzene rings is 3. The van der Waals surface area contributed by atoms with Crippen LogP contribution in [0.4, 0.5) is 0 Å². The van der Waals surface area contributed by atoms with Gasteiger partial charge in [0.25, 0.3) is 0 Å². The highest BCUT2D eigenvalue weighted by Crippen LogP contribution is 2.32. The first-order valence-corrected chi connectivity index (χ1v) is 11.8. The van der Waals surface area contributed by atoms with Crippen molar-refractivity contribution < 1.29 is 28.5 Å². The monoisotopic (exact) mass is 525 g/mol. The molecule has 7 nitrogen and oxygen atoms in total. The quantitative estimate of drug-likeness (QED) is 0.193. The molecule has 0 saturated carbocycles. The molecule has 0 bridgehead atoms. The number of ether oxygens (including phenoxy) is 4. The van der Waals surface area contributed by atoms with Gasteiger partial charge in [0.15, 0.2) is 17.2 Å².